The van der Waals surface area contributed by atoms with Gasteiger partial charge < -0.3 is 23.7 Å². The number of benzene rings is 2. The lowest BCUT2D eigenvalue weighted by atomic mass is 10.0. The molecule has 0 aliphatic carbocycles. The van der Waals surface area contributed by atoms with Crippen LogP contribution in [0.4, 0.5) is 0 Å². The zero-order chi connectivity index (χ0) is 19.5. The molecule has 3 aromatic rings. The molecule has 1 aliphatic heterocycles. The molecule has 6 heteroatoms. The van der Waals surface area contributed by atoms with E-state index in [-0.39, 0.29) is 6.79 Å². The smallest absolute Gasteiger partial charge is 0.231 e. The summed E-state index contributed by atoms with van der Waals surface area (Å²) in [5.41, 5.74) is 1.71. The predicted octanol–water partition coefficient (Wildman–Crippen LogP) is 4.83. The first-order valence-corrected chi connectivity index (χ1v) is 9.50. The summed E-state index contributed by atoms with van der Waals surface area (Å²) >= 11 is 0. The molecule has 146 valence electrons. The van der Waals surface area contributed by atoms with E-state index in [2.05, 4.69) is 4.98 Å². The topological polar surface area (TPSA) is 59.0 Å². The number of pyridine rings is 1. The van der Waals surface area contributed by atoms with Crippen LogP contribution in [0, 0.1) is 0 Å². The summed E-state index contributed by atoms with van der Waals surface area (Å²) in [4.78, 5) is 4.63. The molecule has 28 heavy (non-hydrogen) atoms. The highest BCUT2D eigenvalue weighted by atomic mass is 16.7. The summed E-state index contributed by atoms with van der Waals surface area (Å²) in [7, 11) is 0. The van der Waals surface area contributed by atoms with Gasteiger partial charge in [-0.25, -0.2) is 0 Å². The van der Waals surface area contributed by atoms with E-state index >= 15 is 0 Å². The van der Waals surface area contributed by atoms with Gasteiger partial charge in [-0.2, -0.15) is 0 Å². The van der Waals surface area contributed by atoms with Gasteiger partial charge in [0.05, 0.1) is 25.5 Å². The minimum Gasteiger partial charge on any atom is -0.490 e. The van der Waals surface area contributed by atoms with E-state index in [0.717, 1.165) is 33.5 Å². The van der Waals surface area contributed by atoms with Crippen molar-refractivity contribution in [1.29, 1.82) is 0 Å². The van der Waals surface area contributed by atoms with Gasteiger partial charge in [-0.15, -0.1) is 0 Å². The number of fused-ring (bicyclic) bond motifs is 2. The summed E-state index contributed by atoms with van der Waals surface area (Å²) in [5.74, 6) is 3.38. The summed E-state index contributed by atoms with van der Waals surface area (Å²) < 4.78 is 28.6. The normalized spacial score (nSPS) is 12.2. The molecular weight excluding hydrogens is 358 g/mol. The molecule has 0 radical (unpaired) electrons. The van der Waals surface area contributed by atoms with Gasteiger partial charge in [-0.05, 0) is 56.5 Å². The summed E-state index contributed by atoms with van der Waals surface area (Å²) in [6, 6.07) is 9.80. The lowest BCUT2D eigenvalue weighted by Gasteiger charge is -2.17. The Morgan fingerprint density at radius 2 is 1.50 bits per heavy atom. The molecular formula is C22H23NO5. The second-order valence-corrected chi connectivity index (χ2v) is 6.19. The molecule has 2 heterocycles. The van der Waals surface area contributed by atoms with E-state index < -0.39 is 0 Å². The van der Waals surface area contributed by atoms with Crippen molar-refractivity contribution < 1.29 is 23.7 Å². The van der Waals surface area contributed by atoms with E-state index in [0.29, 0.717) is 37.1 Å². The molecule has 1 aromatic heterocycles. The van der Waals surface area contributed by atoms with Crippen molar-refractivity contribution in [2.75, 3.05) is 26.6 Å². The zero-order valence-electron chi connectivity index (χ0n) is 16.3. The van der Waals surface area contributed by atoms with Crippen LogP contribution in [-0.2, 0) is 0 Å². The van der Waals surface area contributed by atoms with Gasteiger partial charge in [0.15, 0.2) is 23.0 Å². The highest BCUT2D eigenvalue weighted by molar-refractivity contribution is 5.97. The van der Waals surface area contributed by atoms with Gasteiger partial charge in [0.25, 0.3) is 0 Å². The third-order valence-corrected chi connectivity index (χ3v) is 4.44. The molecule has 6 nitrogen and oxygen atoms in total. The van der Waals surface area contributed by atoms with Gasteiger partial charge in [0, 0.05) is 17.1 Å². The lowest BCUT2D eigenvalue weighted by molar-refractivity contribution is 0.174. The van der Waals surface area contributed by atoms with E-state index in [1.54, 1.807) is 6.20 Å². The molecule has 0 bridgehead atoms. The molecule has 0 fully saturated rings. The largest absolute Gasteiger partial charge is 0.490 e. The second kappa shape index (κ2) is 7.84. The minimum absolute atomic E-state index is 0.237. The average Bonchev–Trinajstić information content (AvgIpc) is 3.15. The van der Waals surface area contributed by atoms with Crippen LogP contribution in [0.15, 0.2) is 36.5 Å². The van der Waals surface area contributed by atoms with Gasteiger partial charge in [-0.3, -0.25) is 4.98 Å². The van der Waals surface area contributed by atoms with Gasteiger partial charge in [-0.1, -0.05) is 0 Å². The second-order valence-electron chi connectivity index (χ2n) is 6.19. The van der Waals surface area contributed by atoms with Crippen molar-refractivity contribution in [3.8, 4) is 40.0 Å². The standard InChI is InChI=1S/C22H23NO5/c1-4-24-19-10-15(11-20(25-5-2)22(19)26-6-3)21-16-12-18-17(27-13-28-18)9-14(16)7-8-23-21/h7-12H,4-6,13H2,1-3H3. The molecule has 0 atom stereocenters. The first-order chi connectivity index (χ1) is 13.7. The van der Waals surface area contributed by atoms with Crippen molar-refractivity contribution in [2.24, 2.45) is 0 Å². The van der Waals surface area contributed by atoms with Crippen molar-refractivity contribution in [3.05, 3.63) is 36.5 Å². The Bertz CT molecular complexity index is 975. The van der Waals surface area contributed by atoms with Crippen molar-refractivity contribution >= 4 is 10.8 Å². The summed E-state index contributed by atoms with van der Waals surface area (Å²) in [6.07, 6.45) is 1.79. The van der Waals surface area contributed by atoms with Crippen LogP contribution in [0.25, 0.3) is 22.0 Å². The maximum absolute atomic E-state index is 5.85. The Morgan fingerprint density at radius 3 is 2.14 bits per heavy atom. The van der Waals surface area contributed by atoms with E-state index in [9.17, 15) is 0 Å². The number of hydrogen-bond donors (Lipinski definition) is 0. The molecule has 1 aliphatic rings. The number of aromatic nitrogens is 1. The summed E-state index contributed by atoms with van der Waals surface area (Å²) in [6.45, 7) is 7.64. The average molecular weight is 381 g/mol. The quantitative estimate of drug-likeness (QED) is 0.584. The molecule has 4 rings (SSSR count). The third kappa shape index (κ3) is 3.26. The van der Waals surface area contributed by atoms with Gasteiger partial charge >= 0.3 is 0 Å². The highest BCUT2D eigenvalue weighted by Crippen LogP contribution is 2.44. The Labute approximate surface area is 164 Å². The molecule has 0 N–H and O–H groups in total. The van der Waals surface area contributed by atoms with E-state index in [1.807, 2.05) is 51.1 Å². The maximum atomic E-state index is 5.85. The number of nitrogens with zero attached hydrogens (tertiary/aromatic N) is 1. The van der Waals surface area contributed by atoms with Crippen molar-refractivity contribution in [2.45, 2.75) is 20.8 Å². The minimum atomic E-state index is 0.237. The number of ether oxygens (including phenoxy) is 5. The van der Waals surface area contributed by atoms with E-state index in [4.69, 9.17) is 23.7 Å². The Hall–Kier alpha value is -3.15. The van der Waals surface area contributed by atoms with Crippen LogP contribution in [0.2, 0.25) is 0 Å². The van der Waals surface area contributed by atoms with Crippen LogP contribution in [0.5, 0.6) is 28.7 Å². The van der Waals surface area contributed by atoms with E-state index in [1.165, 1.54) is 0 Å². The van der Waals surface area contributed by atoms with Crippen LogP contribution >= 0.6 is 0 Å². The third-order valence-electron chi connectivity index (χ3n) is 4.44. The Morgan fingerprint density at radius 1 is 0.857 bits per heavy atom. The van der Waals surface area contributed by atoms with Crippen molar-refractivity contribution in [3.63, 3.8) is 0 Å². The Balaban J connectivity index is 1.91. The lowest BCUT2D eigenvalue weighted by Crippen LogP contribution is -2.03. The van der Waals surface area contributed by atoms with Crippen LogP contribution in [0.3, 0.4) is 0 Å². The summed E-state index contributed by atoms with van der Waals surface area (Å²) in [5, 5.41) is 2.00. The van der Waals surface area contributed by atoms with Crippen LogP contribution < -0.4 is 23.7 Å². The number of rotatable bonds is 7. The SMILES string of the molecule is CCOc1cc(-c2nccc3cc4c(cc23)OCO4)cc(OCC)c1OCC. The van der Waals surface area contributed by atoms with Crippen LogP contribution in [0.1, 0.15) is 20.8 Å². The molecule has 0 amide bonds. The fraction of sp³-hybridized carbons (Fsp3) is 0.318. The molecule has 0 spiro atoms. The molecule has 0 unspecified atom stereocenters. The Kier molecular flexibility index (Phi) is 5.10. The molecule has 0 saturated heterocycles. The maximum Gasteiger partial charge on any atom is 0.231 e. The fourth-order valence-corrected chi connectivity index (χ4v) is 3.32. The predicted molar refractivity (Wildman–Crippen MR) is 107 cm³/mol. The zero-order valence-corrected chi connectivity index (χ0v) is 16.3. The first kappa shape index (κ1) is 18.2. The van der Waals surface area contributed by atoms with Gasteiger partial charge in [0.1, 0.15) is 0 Å². The molecule has 0 saturated carbocycles. The molecule has 2 aromatic carbocycles. The van der Waals surface area contributed by atoms with Crippen molar-refractivity contribution in [1.82, 2.24) is 4.98 Å². The monoisotopic (exact) mass is 381 g/mol. The number of hydrogen-bond acceptors (Lipinski definition) is 6. The first-order valence-electron chi connectivity index (χ1n) is 9.50. The van der Waals surface area contributed by atoms with Gasteiger partial charge in [0.2, 0.25) is 12.5 Å². The fourth-order valence-electron chi connectivity index (χ4n) is 3.32. The van der Waals surface area contributed by atoms with Crippen LogP contribution in [-0.4, -0.2) is 31.6 Å². The highest BCUT2D eigenvalue weighted by Gasteiger charge is 2.20.